The van der Waals surface area contributed by atoms with Crippen LogP contribution in [0, 0.1) is 10.1 Å². The van der Waals surface area contributed by atoms with Gasteiger partial charge in [-0.05, 0) is 48.5 Å². The smallest absolute Gasteiger partial charge is 0.374 e. The maximum atomic E-state index is 11.9. The zero-order chi connectivity index (χ0) is 19.9. The lowest BCUT2D eigenvalue weighted by atomic mass is 10.3. The second-order valence-corrected chi connectivity index (χ2v) is 6.63. The second kappa shape index (κ2) is 8.87. The van der Waals surface area contributed by atoms with Crippen LogP contribution in [0.25, 0.3) is 0 Å². The first-order chi connectivity index (χ1) is 13.5. The van der Waals surface area contributed by atoms with Crippen molar-refractivity contribution in [3.63, 3.8) is 0 Å². The maximum Gasteiger partial charge on any atom is 0.374 e. The van der Waals surface area contributed by atoms with Gasteiger partial charge in [-0.15, -0.1) is 0 Å². The standard InChI is InChI=1S/C19H14N2O6S/c22-18(12-27-19(23)17-2-1-11-26-17)20-13-3-7-15(8-4-13)28-16-9-5-14(6-10-16)21(24)25/h1-11H,12H2,(H,20,22). The average molecular weight is 398 g/mol. The Morgan fingerprint density at radius 1 is 1.04 bits per heavy atom. The van der Waals surface area contributed by atoms with Gasteiger partial charge in [-0.2, -0.15) is 0 Å². The Morgan fingerprint density at radius 3 is 2.25 bits per heavy atom. The van der Waals surface area contributed by atoms with Crippen molar-refractivity contribution in [2.24, 2.45) is 0 Å². The van der Waals surface area contributed by atoms with Gasteiger partial charge in [0.15, 0.2) is 6.61 Å². The molecule has 1 aromatic heterocycles. The fourth-order valence-electron chi connectivity index (χ4n) is 2.17. The Morgan fingerprint density at radius 2 is 1.68 bits per heavy atom. The van der Waals surface area contributed by atoms with Crippen LogP contribution in [0.4, 0.5) is 11.4 Å². The second-order valence-electron chi connectivity index (χ2n) is 5.48. The summed E-state index contributed by atoms with van der Waals surface area (Å²) in [5.41, 5.74) is 0.585. The van der Waals surface area contributed by atoms with Crippen LogP contribution in [0.3, 0.4) is 0 Å². The van der Waals surface area contributed by atoms with E-state index >= 15 is 0 Å². The number of non-ortho nitro benzene ring substituents is 1. The van der Waals surface area contributed by atoms with Crippen LogP contribution < -0.4 is 5.32 Å². The fraction of sp³-hybridized carbons (Fsp3) is 0.0526. The Bertz CT molecular complexity index is 969. The molecule has 28 heavy (non-hydrogen) atoms. The molecular weight excluding hydrogens is 384 g/mol. The SMILES string of the molecule is O=C(COC(=O)c1ccco1)Nc1ccc(Sc2ccc([N+](=O)[O-])cc2)cc1. The highest BCUT2D eigenvalue weighted by Crippen LogP contribution is 2.29. The van der Waals surface area contributed by atoms with Crippen LogP contribution in [-0.4, -0.2) is 23.4 Å². The summed E-state index contributed by atoms with van der Waals surface area (Å²) in [5, 5.41) is 13.3. The van der Waals surface area contributed by atoms with Gasteiger partial charge in [-0.3, -0.25) is 14.9 Å². The number of nitro groups is 1. The molecule has 1 heterocycles. The van der Waals surface area contributed by atoms with Gasteiger partial charge in [0.25, 0.3) is 11.6 Å². The van der Waals surface area contributed by atoms with E-state index in [1.165, 1.54) is 36.2 Å². The van der Waals surface area contributed by atoms with Gasteiger partial charge in [-0.25, -0.2) is 4.79 Å². The Hall–Kier alpha value is -3.59. The molecule has 0 aliphatic heterocycles. The number of benzene rings is 2. The molecule has 3 rings (SSSR count). The minimum absolute atomic E-state index is 0.0282. The summed E-state index contributed by atoms with van der Waals surface area (Å²) in [6, 6.07) is 16.3. The number of carbonyl (C=O) groups is 2. The quantitative estimate of drug-likeness (QED) is 0.362. The first kappa shape index (κ1) is 19.2. The van der Waals surface area contributed by atoms with Gasteiger partial charge < -0.3 is 14.5 Å². The van der Waals surface area contributed by atoms with E-state index in [9.17, 15) is 19.7 Å². The average Bonchev–Trinajstić information content (AvgIpc) is 3.23. The van der Waals surface area contributed by atoms with Crippen molar-refractivity contribution in [2.45, 2.75) is 9.79 Å². The fourth-order valence-corrected chi connectivity index (χ4v) is 2.99. The summed E-state index contributed by atoms with van der Waals surface area (Å²) in [5.74, 6) is -1.16. The number of furan rings is 1. The monoisotopic (exact) mass is 398 g/mol. The molecular formula is C19H14N2O6S. The lowest BCUT2D eigenvalue weighted by molar-refractivity contribution is -0.384. The highest BCUT2D eigenvalue weighted by Gasteiger charge is 2.12. The maximum absolute atomic E-state index is 11.9. The summed E-state index contributed by atoms with van der Waals surface area (Å²) >= 11 is 1.43. The van der Waals surface area contributed by atoms with Crippen molar-refractivity contribution in [1.29, 1.82) is 0 Å². The minimum Gasteiger partial charge on any atom is -0.457 e. The minimum atomic E-state index is -0.713. The summed E-state index contributed by atoms with van der Waals surface area (Å²) in [4.78, 5) is 35.5. The van der Waals surface area contributed by atoms with E-state index < -0.39 is 23.4 Å². The lowest BCUT2D eigenvalue weighted by Gasteiger charge is -2.07. The molecule has 0 aliphatic carbocycles. The summed E-state index contributed by atoms with van der Waals surface area (Å²) < 4.78 is 9.74. The van der Waals surface area contributed by atoms with Crippen LogP contribution in [-0.2, 0) is 9.53 Å². The van der Waals surface area contributed by atoms with Gasteiger partial charge >= 0.3 is 5.97 Å². The Kier molecular flexibility index (Phi) is 6.07. The third kappa shape index (κ3) is 5.21. The molecule has 1 amide bonds. The first-order valence-corrected chi connectivity index (χ1v) is 8.86. The van der Waals surface area contributed by atoms with Crippen molar-refractivity contribution in [1.82, 2.24) is 0 Å². The van der Waals surface area contributed by atoms with E-state index in [2.05, 4.69) is 5.32 Å². The summed E-state index contributed by atoms with van der Waals surface area (Å²) in [7, 11) is 0. The number of esters is 1. The molecule has 0 atom stereocenters. The van der Waals surface area contributed by atoms with Gasteiger partial charge in [0, 0.05) is 27.6 Å². The van der Waals surface area contributed by atoms with Gasteiger partial charge in [0.1, 0.15) is 0 Å². The largest absolute Gasteiger partial charge is 0.457 e. The zero-order valence-corrected chi connectivity index (χ0v) is 15.2. The highest BCUT2D eigenvalue weighted by atomic mass is 32.2. The number of hydrogen-bond donors (Lipinski definition) is 1. The highest BCUT2D eigenvalue weighted by molar-refractivity contribution is 7.99. The molecule has 3 aromatic rings. The van der Waals surface area contributed by atoms with Crippen molar-refractivity contribution >= 4 is 35.0 Å². The topological polar surface area (TPSA) is 112 Å². The molecule has 0 fully saturated rings. The van der Waals surface area contributed by atoms with Crippen LogP contribution in [0.2, 0.25) is 0 Å². The number of amides is 1. The number of nitro benzene ring substituents is 1. The van der Waals surface area contributed by atoms with Crippen molar-refractivity contribution in [3.05, 3.63) is 82.8 Å². The van der Waals surface area contributed by atoms with Crippen LogP contribution in [0.15, 0.2) is 81.1 Å². The van der Waals surface area contributed by atoms with Gasteiger partial charge in [0.2, 0.25) is 5.76 Å². The molecule has 142 valence electrons. The summed E-state index contributed by atoms with van der Waals surface area (Å²) in [6.45, 7) is -0.432. The third-order valence-electron chi connectivity index (χ3n) is 3.48. The van der Waals surface area contributed by atoms with E-state index in [0.29, 0.717) is 5.69 Å². The van der Waals surface area contributed by atoms with Gasteiger partial charge in [-0.1, -0.05) is 11.8 Å². The normalized spacial score (nSPS) is 10.3. The zero-order valence-electron chi connectivity index (χ0n) is 14.4. The molecule has 0 radical (unpaired) electrons. The molecule has 0 saturated carbocycles. The number of ether oxygens (including phenoxy) is 1. The van der Waals surface area contributed by atoms with Gasteiger partial charge in [0.05, 0.1) is 11.2 Å². The molecule has 2 aromatic carbocycles. The van der Waals surface area contributed by atoms with Crippen molar-refractivity contribution < 1.29 is 23.7 Å². The molecule has 0 unspecified atom stereocenters. The molecule has 0 aliphatic rings. The third-order valence-corrected chi connectivity index (χ3v) is 4.49. The molecule has 0 spiro atoms. The number of hydrogen-bond acceptors (Lipinski definition) is 7. The number of anilines is 1. The van der Waals surface area contributed by atoms with E-state index in [1.54, 1.807) is 42.5 Å². The predicted molar refractivity (Wildman–Crippen MR) is 101 cm³/mol. The molecule has 0 bridgehead atoms. The molecule has 1 N–H and O–H groups in total. The Balaban J connectivity index is 1.50. The molecule has 8 nitrogen and oxygen atoms in total. The van der Waals surface area contributed by atoms with E-state index in [-0.39, 0.29) is 11.4 Å². The van der Waals surface area contributed by atoms with E-state index in [1.807, 2.05) is 0 Å². The van der Waals surface area contributed by atoms with Crippen LogP contribution in [0.1, 0.15) is 10.6 Å². The number of carbonyl (C=O) groups excluding carboxylic acids is 2. The molecule has 9 heteroatoms. The lowest BCUT2D eigenvalue weighted by Crippen LogP contribution is -2.20. The number of nitrogens with zero attached hydrogens (tertiary/aromatic N) is 1. The summed E-state index contributed by atoms with van der Waals surface area (Å²) in [6.07, 6.45) is 1.34. The predicted octanol–water partition coefficient (Wildman–Crippen LogP) is 4.13. The van der Waals surface area contributed by atoms with Crippen LogP contribution in [0.5, 0.6) is 0 Å². The molecule has 0 saturated heterocycles. The number of nitrogens with one attached hydrogen (secondary N) is 1. The van der Waals surface area contributed by atoms with E-state index in [4.69, 9.17) is 9.15 Å². The van der Waals surface area contributed by atoms with Crippen LogP contribution >= 0.6 is 11.8 Å². The van der Waals surface area contributed by atoms with E-state index in [0.717, 1.165) is 9.79 Å². The first-order valence-electron chi connectivity index (χ1n) is 8.04. The number of rotatable bonds is 7. The van der Waals surface area contributed by atoms with Crippen molar-refractivity contribution in [2.75, 3.05) is 11.9 Å². The van der Waals surface area contributed by atoms with Crippen molar-refractivity contribution in [3.8, 4) is 0 Å². The Labute approximate surface area is 163 Å².